The number of hydrogen-bond donors (Lipinski definition) is 0. The minimum absolute atomic E-state index is 0.0983. The molecule has 1 aromatic carbocycles. The monoisotopic (exact) mass is 295 g/mol. The van der Waals surface area contributed by atoms with E-state index in [9.17, 15) is 9.59 Å². The van der Waals surface area contributed by atoms with Gasteiger partial charge in [-0.2, -0.15) is 10.5 Å². The number of rotatable bonds is 6. The van der Waals surface area contributed by atoms with Gasteiger partial charge >= 0.3 is 0 Å². The lowest BCUT2D eigenvalue weighted by atomic mass is 9.98. The first-order chi connectivity index (χ1) is 10.7. The molecule has 2 rings (SSSR count). The summed E-state index contributed by atoms with van der Waals surface area (Å²) in [5, 5.41) is 17.7. The fourth-order valence-corrected chi connectivity index (χ4v) is 2.66. The van der Waals surface area contributed by atoms with Crippen LogP contribution in [0.2, 0.25) is 0 Å². The normalized spacial score (nSPS) is 18.8. The largest absolute Gasteiger partial charge is 0.281 e. The lowest BCUT2D eigenvalue weighted by Crippen LogP contribution is -2.35. The van der Waals surface area contributed by atoms with Crippen LogP contribution >= 0.6 is 0 Å². The van der Waals surface area contributed by atoms with E-state index in [1.807, 2.05) is 36.4 Å². The van der Waals surface area contributed by atoms with Crippen molar-refractivity contribution >= 4 is 11.8 Å². The number of imide groups is 1. The summed E-state index contributed by atoms with van der Waals surface area (Å²) in [6, 6.07) is 13.6. The van der Waals surface area contributed by atoms with Gasteiger partial charge in [-0.05, 0) is 18.4 Å². The second-order valence-corrected chi connectivity index (χ2v) is 5.46. The van der Waals surface area contributed by atoms with Gasteiger partial charge in [-0.15, -0.1) is 0 Å². The Bertz CT molecular complexity index is 628. The van der Waals surface area contributed by atoms with Gasteiger partial charge in [-0.1, -0.05) is 30.3 Å². The van der Waals surface area contributed by atoms with Crippen molar-refractivity contribution in [2.75, 3.05) is 6.54 Å². The Morgan fingerprint density at radius 3 is 2.59 bits per heavy atom. The molecule has 0 radical (unpaired) electrons. The summed E-state index contributed by atoms with van der Waals surface area (Å²) in [6.07, 6.45) is 1.37. The first-order valence-corrected chi connectivity index (χ1v) is 7.30. The third kappa shape index (κ3) is 3.71. The van der Waals surface area contributed by atoms with Crippen LogP contribution < -0.4 is 0 Å². The first-order valence-electron chi connectivity index (χ1n) is 7.30. The van der Waals surface area contributed by atoms with Crippen LogP contribution in [0.4, 0.5) is 0 Å². The minimum Gasteiger partial charge on any atom is -0.281 e. The maximum absolute atomic E-state index is 12.4. The second kappa shape index (κ2) is 7.38. The van der Waals surface area contributed by atoms with Gasteiger partial charge in [0.1, 0.15) is 0 Å². The van der Waals surface area contributed by atoms with Crippen LogP contribution in [0.15, 0.2) is 30.3 Å². The van der Waals surface area contributed by atoms with Crippen molar-refractivity contribution < 1.29 is 9.59 Å². The zero-order chi connectivity index (χ0) is 15.9. The quantitative estimate of drug-likeness (QED) is 0.752. The van der Waals surface area contributed by atoms with Gasteiger partial charge < -0.3 is 0 Å². The molecule has 0 saturated carbocycles. The Morgan fingerprint density at radius 1 is 1.23 bits per heavy atom. The van der Waals surface area contributed by atoms with E-state index < -0.39 is 5.92 Å². The number of benzene rings is 1. The molecule has 0 aromatic heterocycles. The minimum atomic E-state index is -0.469. The Hall–Kier alpha value is -2.66. The third-order valence-corrected chi connectivity index (χ3v) is 3.85. The van der Waals surface area contributed by atoms with Crippen molar-refractivity contribution in [1.29, 1.82) is 10.5 Å². The van der Waals surface area contributed by atoms with E-state index in [0.717, 1.165) is 5.56 Å². The van der Waals surface area contributed by atoms with Crippen LogP contribution in [-0.4, -0.2) is 23.3 Å². The second-order valence-electron chi connectivity index (χ2n) is 5.46. The molecule has 112 valence electrons. The van der Waals surface area contributed by atoms with Crippen LogP contribution in [-0.2, 0) is 16.0 Å². The zero-order valence-corrected chi connectivity index (χ0v) is 12.2. The van der Waals surface area contributed by atoms with Gasteiger partial charge in [0.05, 0.1) is 24.0 Å². The number of amides is 2. The van der Waals surface area contributed by atoms with Crippen molar-refractivity contribution in [3.63, 3.8) is 0 Å². The van der Waals surface area contributed by atoms with E-state index >= 15 is 0 Å². The number of likely N-dealkylation sites (tertiary alicyclic amines) is 1. The van der Waals surface area contributed by atoms with E-state index in [1.165, 1.54) is 4.90 Å². The lowest BCUT2D eigenvalue weighted by molar-refractivity contribution is -0.139. The smallest absolute Gasteiger partial charge is 0.233 e. The number of nitrogens with zero attached hydrogens (tertiary/aromatic N) is 3. The molecule has 2 atom stereocenters. The molecule has 0 N–H and O–H groups in total. The average molecular weight is 295 g/mol. The highest BCUT2D eigenvalue weighted by Crippen LogP contribution is 2.25. The van der Waals surface area contributed by atoms with Crippen LogP contribution in [0.25, 0.3) is 0 Å². The standard InChI is InChI=1S/C17H17N3O2/c18-8-4-7-14(11-19)12-20-16(21)10-15(17(20)22)9-13-5-2-1-3-6-13/h1-3,5-6,14-15H,4,7,9-10,12H2/t14-,15+/m1/s1. The molecule has 0 aliphatic carbocycles. The van der Waals surface area contributed by atoms with Crippen LogP contribution in [0, 0.1) is 34.5 Å². The summed E-state index contributed by atoms with van der Waals surface area (Å²) in [4.78, 5) is 25.6. The van der Waals surface area contributed by atoms with E-state index in [4.69, 9.17) is 10.5 Å². The topological polar surface area (TPSA) is 85.0 Å². The van der Waals surface area contributed by atoms with Crippen molar-refractivity contribution in [2.45, 2.75) is 25.7 Å². The molecule has 0 unspecified atom stereocenters. The van der Waals surface area contributed by atoms with E-state index in [-0.39, 0.29) is 37.1 Å². The maximum atomic E-state index is 12.4. The fraction of sp³-hybridized carbons (Fsp3) is 0.412. The highest BCUT2D eigenvalue weighted by Gasteiger charge is 2.39. The molecular weight excluding hydrogens is 278 g/mol. The van der Waals surface area contributed by atoms with Crippen molar-refractivity contribution in [1.82, 2.24) is 4.90 Å². The molecular formula is C17H17N3O2. The molecule has 1 aliphatic heterocycles. The highest BCUT2D eigenvalue weighted by atomic mass is 16.2. The number of hydrogen-bond acceptors (Lipinski definition) is 4. The van der Waals surface area contributed by atoms with Crippen molar-refractivity contribution in [3.8, 4) is 12.1 Å². The van der Waals surface area contributed by atoms with Crippen LogP contribution in [0.1, 0.15) is 24.8 Å². The molecule has 22 heavy (non-hydrogen) atoms. The fourth-order valence-electron chi connectivity index (χ4n) is 2.66. The molecule has 1 fully saturated rings. The zero-order valence-electron chi connectivity index (χ0n) is 12.2. The molecule has 1 saturated heterocycles. The first kappa shape index (κ1) is 15.7. The Balaban J connectivity index is 2.00. The van der Waals surface area contributed by atoms with E-state index in [1.54, 1.807) is 0 Å². The number of nitriles is 2. The summed E-state index contributed by atoms with van der Waals surface area (Å²) >= 11 is 0. The maximum Gasteiger partial charge on any atom is 0.233 e. The molecule has 0 spiro atoms. The summed E-state index contributed by atoms with van der Waals surface area (Å²) in [6.45, 7) is 0.0983. The van der Waals surface area contributed by atoms with Crippen molar-refractivity contribution in [3.05, 3.63) is 35.9 Å². The summed E-state index contributed by atoms with van der Waals surface area (Å²) in [7, 11) is 0. The molecule has 1 aromatic rings. The molecule has 0 bridgehead atoms. The van der Waals surface area contributed by atoms with Gasteiger partial charge in [0.15, 0.2) is 0 Å². The van der Waals surface area contributed by atoms with Gasteiger partial charge in [0, 0.05) is 19.4 Å². The molecule has 1 aliphatic rings. The Labute approximate surface area is 129 Å². The molecule has 1 heterocycles. The Kier molecular flexibility index (Phi) is 5.27. The molecule has 2 amide bonds. The number of carbonyl (C=O) groups is 2. The molecule has 5 nitrogen and oxygen atoms in total. The van der Waals surface area contributed by atoms with Gasteiger partial charge in [-0.3, -0.25) is 14.5 Å². The average Bonchev–Trinajstić information content (AvgIpc) is 2.79. The summed E-state index contributed by atoms with van der Waals surface area (Å²) < 4.78 is 0. The lowest BCUT2D eigenvalue weighted by Gasteiger charge is -2.17. The van der Waals surface area contributed by atoms with Crippen LogP contribution in [0.5, 0.6) is 0 Å². The molecule has 5 heteroatoms. The van der Waals surface area contributed by atoms with E-state index in [2.05, 4.69) is 6.07 Å². The predicted molar refractivity (Wildman–Crippen MR) is 78.9 cm³/mol. The van der Waals surface area contributed by atoms with E-state index in [0.29, 0.717) is 12.8 Å². The Morgan fingerprint density at radius 2 is 1.95 bits per heavy atom. The summed E-state index contributed by atoms with van der Waals surface area (Å²) in [5.74, 6) is -1.23. The highest BCUT2D eigenvalue weighted by molar-refractivity contribution is 6.03. The van der Waals surface area contributed by atoms with Gasteiger partial charge in [0.2, 0.25) is 11.8 Å². The van der Waals surface area contributed by atoms with Crippen LogP contribution in [0.3, 0.4) is 0 Å². The summed E-state index contributed by atoms with van der Waals surface area (Å²) in [5.41, 5.74) is 1.02. The third-order valence-electron chi connectivity index (χ3n) is 3.85. The van der Waals surface area contributed by atoms with Crippen molar-refractivity contribution in [2.24, 2.45) is 11.8 Å². The SMILES string of the molecule is N#CCC[C@H](C#N)CN1C(=O)C[C@H](Cc2ccccc2)C1=O. The van der Waals surface area contributed by atoms with Gasteiger partial charge in [0.25, 0.3) is 0 Å². The van der Waals surface area contributed by atoms with Gasteiger partial charge in [-0.25, -0.2) is 0 Å². The predicted octanol–water partition coefficient (Wildman–Crippen LogP) is 2.05. The number of carbonyl (C=O) groups excluding carboxylic acids is 2.